The van der Waals surface area contributed by atoms with Crippen LogP contribution in [-0.2, 0) is 6.42 Å². The van der Waals surface area contributed by atoms with Crippen LogP contribution in [0.4, 0.5) is 0 Å². The second-order valence-electron chi connectivity index (χ2n) is 6.46. The van der Waals surface area contributed by atoms with E-state index in [2.05, 4.69) is 45.6 Å². The van der Waals surface area contributed by atoms with Crippen molar-refractivity contribution in [1.82, 2.24) is 14.9 Å². The van der Waals surface area contributed by atoms with Gasteiger partial charge in [0.1, 0.15) is 11.5 Å². The molecule has 0 bridgehead atoms. The summed E-state index contributed by atoms with van der Waals surface area (Å²) < 4.78 is 12.7. The third-order valence-electron chi connectivity index (χ3n) is 4.64. The number of aromatic nitrogens is 3. The zero-order valence-corrected chi connectivity index (χ0v) is 16.9. The van der Waals surface area contributed by atoms with E-state index in [4.69, 9.17) is 21.7 Å². The molecule has 0 saturated carbocycles. The van der Waals surface area contributed by atoms with Crippen molar-refractivity contribution in [2.45, 2.75) is 6.42 Å². The predicted molar refractivity (Wildman–Crippen MR) is 117 cm³/mol. The molecule has 29 heavy (non-hydrogen) atoms. The SMILES string of the molecule is COc1cc(/C=N\n2c(Cc3cccc4ccccc34)n[nH]c2=S)cc(OC)c1. The summed E-state index contributed by atoms with van der Waals surface area (Å²) in [6.45, 7) is 0. The Morgan fingerprint density at radius 3 is 2.52 bits per heavy atom. The van der Waals surface area contributed by atoms with E-state index in [9.17, 15) is 0 Å². The molecule has 1 heterocycles. The molecule has 0 saturated heterocycles. The van der Waals surface area contributed by atoms with Crippen LogP contribution in [0.15, 0.2) is 65.8 Å². The molecule has 146 valence electrons. The fourth-order valence-corrected chi connectivity index (χ4v) is 3.40. The molecule has 0 aliphatic heterocycles. The summed E-state index contributed by atoms with van der Waals surface area (Å²) in [6.07, 6.45) is 2.32. The van der Waals surface area contributed by atoms with E-state index in [0.29, 0.717) is 22.7 Å². The largest absolute Gasteiger partial charge is 0.497 e. The number of rotatable bonds is 6. The average Bonchev–Trinajstić information content (AvgIpc) is 3.11. The van der Waals surface area contributed by atoms with Crippen LogP contribution in [0.25, 0.3) is 10.8 Å². The van der Waals surface area contributed by atoms with E-state index in [1.807, 2.05) is 30.3 Å². The Morgan fingerprint density at radius 2 is 1.76 bits per heavy atom. The van der Waals surface area contributed by atoms with Crippen molar-refractivity contribution < 1.29 is 9.47 Å². The summed E-state index contributed by atoms with van der Waals surface area (Å²) in [5, 5.41) is 14.1. The van der Waals surface area contributed by atoms with Crippen LogP contribution in [0, 0.1) is 4.77 Å². The Labute approximate surface area is 173 Å². The van der Waals surface area contributed by atoms with Crippen LogP contribution >= 0.6 is 12.2 Å². The van der Waals surface area contributed by atoms with Crippen LogP contribution in [-0.4, -0.2) is 35.3 Å². The number of fused-ring (bicyclic) bond motifs is 1. The molecule has 0 aliphatic rings. The van der Waals surface area contributed by atoms with Crippen molar-refractivity contribution in [3.8, 4) is 11.5 Å². The summed E-state index contributed by atoms with van der Waals surface area (Å²) in [5.74, 6) is 2.12. The zero-order chi connectivity index (χ0) is 20.2. The molecule has 0 aliphatic carbocycles. The van der Waals surface area contributed by atoms with Gasteiger partial charge in [-0.15, -0.1) is 0 Å². The number of nitrogens with one attached hydrogen (secondary N) is 1. The lowest BCUT2D eigenvalue weighted by molar-refractivity contribution is 0.394. The molecule has 7 heteroatoms. The van der Waals surface area contributed by atoms with Crippen molar-refractivity contribution in [3.63, 3.8) is 0 Å². The minimum atomic E-state index is 0.436. The predicted octanol–water partition coefficient (Wildman–Crippen LogP) is 4.58. The third kappa shape index (κ3) is 4.05. The van der Waals surface area contributed by atoms with Crippen molar-refractivity contribution in [2.24, 2.45) is 5.10 Å². The maximum Gasteiger partial charge on any atom is 0.216 e. The Bertz CT molecular complexity index is 1220. The van der Waals surface area contributed by atoms with Crippen molar-refractivity contribution >= 4 is 29.2 Å². The minimum Gasteiger partial charge on any atom is -0.497 e. The molecule has 3 aromatic carbocycles. The molecule has 6 nitrogen and oxygen atoms in total. The van der Waals surface area contributed by atoms with Gasteiger partial charge in [-0.05, 0) is 40.7 Å². The van der Waals surface area contributed by atoms with E-state index in [0.717, 1.165) is 17.0 Å². The number of nitrogens with zero attached hydrogens (tertiary/aromatic N) is 3. The van der Waals surface area contributed by atoms with Gasteiger partial charge in [-0.1, -0.05) is 42.5 Å². The molecule has 1 aromatic heterocycles. The summed E-state index contributed by atoms with van der Waals surface area (Å²) >= 11 is 5.38. The van der Waals surface area contributed by atoms with Gasteiger partial charge >= 0.3 is 0 Å². The number of hydrogen-bond acceptors (Lipinski definition) is 5. The van der Waals surface area contributed by atoms with Gasteiger partial charge < -0.3 is 9.47 Å². The van der Waals surface area contributed by atoms with E-state index >= 15 is 0 Å². The summed E-state index contributed by atoms with van der Waals surface area (Å²) in [7, 11) is 3.23. The fourth-order valence-electron chi connectivity index (χ4n) is 3.20. The van der Waals surface area contributed by atoms with E-state index in [1.165, 1.54) is 10.8 Å². The van der Waals surface area contributed by atoms with Crippen LogP contribution in [0.2, 0.25) is 0 Å². The molecular weight excluding hydrogens is 384 g/mol. The van der Waals surface area contributed by atoms with E-state index < -0.39 is 0 Å². The van der Waals surface area contributed by atoms with Gasteiger partial charge in [0.25, 0.3) is 0 Å². The van der Waals surface area contributed by atoms with Gasteiger partial charge in [-0.2, -0.15) is 14.9 Å². The van der Waals surface area contributed by atoms with E-state index in [-0.39, 0.29) is 0 Å². The fraction of sp³-hybridized carbons (Fsp3) is 0.136. The molecule has 0 amide bonds. The highest BCUT2D eigenvalue weighted by molar-refractivity contribution is 7.71. The molecule has 0 radical (unpaired) electrons. The molecular formula is C22H20N4O2S. The topological polar surface area (TPSA) is 64.4 Å². The quantitative estimate of drug-likeness (QED) is 0.377. The Hall–Kier alpha value is -3.45. The lowest BCUT2D eigenvalue weighted by Crippen LogP contribution is -2.01. The first-order valence-corrected chi connectivity index (χ1v) is 9.49. The average molecular weight is 404 g/mol. The van der Waals surface area contributed by atoms with Gasteiger partial charge in [0.05, 0.1) is 20.4 Å². The lowest BCUT2D eigenvalue weighted by atomic mass is 10.0. The molecule has 0 unspecified atom stereocenters. The maximum absolute atomic E-state index is 5.38. The minimum absolute atomic E-state index is 0.436. The molecule has 4 rings (SSSR count). The number of H-pyrrole nitrogens is 1. The lowest BCUT2D eigenvalue weighted by Gasteiger charge is -2.07. The van der Waals surface area contributed by atoms with Gasteiger partial charge in [-0.3, -0.25) is 5.10 Å². The van der Waals surface area contributed by atoms with Gasteiger partial charge in [-0.25, -0.2) is 0 Å². The number of methoxy groups -OCH3 is 2. The smallest absolute Gasteiger partial charge is 0.216 e. The molecule has 0 spiro atoms. The van der Waals surface area contributed by atoms with Crippen LogP contribution < -0.4 is 9.47 Å². The second kappa shape index (κ2) is 8.28. The highest BCUT2D eigenvalue weighted by Gasteiger charge is 2.09. The Morgan fingerprint density at radius 1 is 1.03 bits per heavy atom. The van der Waals surface area contributed by atoms with Crippen molar-refractivity contribution in [2.75, 3.05) is 14.2 Å². The number of hydrogen-bond donors (Lipinski definition) is 1. The number of aromatic amines is 1. The van der Waals surface area contributed by atoms with Gasteiger partial charge in [0, 0.05) is 18.1 Å². The first-order valence-electron chi connectivity index (χ1n) is 9.08. The maximum atomic E-state index is 5.38. The van der Waals surface area contributed by atoms with Crippen molar-refractivity contribution in [1.29, 1.82) is 0 Å². The second-order valence-corrected chi connectivity index (χ2v) is 6.85. The van der Waals surface area contributed by atoms with Crippen LogP contribution in [0.5, 0.6) is 11.5 Å². The standard InChI is InChI=1S/C22H20N4O2S/c1-27-18-10-15(11-19(13-18)28-2)14-23-26-21(24-25-22(26)29)12-17-8-5-7-16-6-3-4-9-20(16)17/h3-11,13-14H,12H2,1-2H3,(H,25,29)/b23-14-. The molecule has 1 N–H and O–H groups in total. The van der Waals surface area contributed by atoms with E-state index in [1.54, 1.807) is 25.1 Å². The molecule has 4 aromatic rings. The molecule has 0 fully saturated rings. The summed E-state index contributed by atoms with van der Waals surface area (Å²) in [5.41, 5.74) is 2.00. The highest BCUT2D eigenvalue weighted by atomic mass is 32.1. The Balaban J connectivity index is 1.68. The van der Waals surface area contributed by atoms with Crippen LogP contribution in [0.3, 0.4) is 0 Å². The number of benzene rings is 3. The molecule has 0 atom stereocenters. The van der Waals surface area contributed by atoms with Crippen LogP contribution in [0.1, 0.15) is 17.0 Å². The van der Waals surface area contributed by atoms with Crippen molar-refractivity contribution in [3.05, 3.63) is 82.4 Å². The van der Waals surface area contributed by atoms with Gasteiger partial charge in [0.2, 0.25) is 4.77 Å². The zero-order valence-electron chi connectivity index (χ0n) is 16.1. The first-order chi connectivity index (χ1) is 14.2. The highest BCUT2D eigenvalue weighted by Crippen LogP contribution is 2.22. The Kier molecular flexibility index (Phi) is 5.39. The first kappa shape index (κ1) is 18.9. The summed E-state index contributed by atoms with van der Waals surface area (Å²) in [4.78, 5) is 0. The third-order valence-corrected chi connectivity index (χ3v) is 4.91. The monoisotopic (exact) mass is 404 g/mol. The van der Waals surface area contributed by atoms with Gasteiger partial charge in [0.15, 0.2) is 5.82 Å². The number of ether oxygens (including phenoxy) is 2. The summed E-state index contributed by atoms with van der Waals surface area (Å²) in [6, 6.07) is 20.1. The normalized spacial score (nSPS) is 11.2.